The van der Waals surface area contributed by atoms with Gasteiger partial charge in [-0.3, -0.25) is 9.20 Å². The minimum atomic E-state index is -4.64. The second kappa shape index (κ2) is 8.57. The maximum absolute atomic E-state index is 13.0. The van der Waals surface area contributed by atoms with Gasteiger partial charge >= 0.3 is 12.4 Å². The lowest BCUT2D eigenvalue weighted by Crippen LogP contribution is -2.18. The molecule has 0 aliphatic carbocycles. The summed E-state index contributed by atoms with van der Waals surface area (Å²) in [6, 6.07) is 0.750. The number of nitrogens with zero attached hydrogens (tertiary/aromatic N) is 3. The van der Waals surface area contributed by atoms with Crippen molar-refractivity contribution in [2.75, 3.05) is 23.4 Å². The first-order valence-electron chi connectivity index (χ1n) is 8.69. The number of amides is 1. The van der Waals surface area contributed by atoms with Gasteiger partial charge in [0.25, 0.3) is 0 Å². The van der Waals surface area contributed by atoms with E-state index in [-0.39, 0.29) is 28.6 Å². The van der Waals surface area contributed by atoms with Gasteiger partial charge in [0.1, 0.15) is 15.7 Å². The van der Waals surface area contributed by atoms with Crippen molar-refractivity contribution in [2.45, 2.75) is 30.7 Å². The quantitative estimate of drug-likeness (QED) is 0.374. The Balaban J connectivity index is 1.88. The number of fused-ring (bicyclic) bond motifs is 1. The lowest BCUT2D eigenvalue weighted by Gasteiger charge is -2.13. The van der Waals surface area contributed by atoms with Gasteiger partial charge in [-0.2, -0.15) is 26.3 Å². The summed E-state index contributed by atoms with van der Waals surface area (Å²) >= 11 is 1.65. The first-order valence-corrected chi connectivity index (χ1v) is 10.5. The topological polar surface area (TPSA) is 71.3 Å². The molecule has 1 amide bonds. The average Bonchev–Trinajstić information content (AvgIpc) is 3.20. The van der Waals surface area contributed by atoms with Crippen LogP contribution in [-0.2, 0) is 23.6 Å². The van der Waals surface area contributed by atoms with Crippen molar-refractivity contribution in [1.29, 1.82) is 0 Å². The summed E-state index contributed by atoms with van der Waals surface area (Å²) in [6.07, 6.45) is -7.94. The lowest BCUT2D eigenvalue weighted by atomic mass is 10.2. The number of hydrogen-bond donors (Lipinski definition) is 2. The van der Waals surface area contributed by atoms with Crippen LogP contribution in [0.2, 0.25) is 0 Å². The lowest BCUT2D eigenvalue weighted by molar-refractivity contribution is -0.138. The average molecular weight is 483 g/mol. The van der Waals surface area contributed by atoms with E-state index in [0.29, 0.717) is 28.3 Å². The van der Waals surface area contributed by atoms with Crippen LogP contribution in [0.15, 0.2) is 23.5 Å². The van der Waals surface area contributed by atoms with Crippen LogP contribution in [0.25, 0.3) is 4.96 Å². The number of thiazole rings is 1. The Labute approximate surface area is 180 Å². The van der Waals surface area contributed by atoms with Gasteiger partial charge in [0.15, 0.2) is 4.96 Å². The summed E-state index contributed by atoms with van der Waals surface area (Å²) in [5.74, 6) is -0.135. The van der Waals surface area contributed by atoms with E-state index >= 15 is 0 Å². The van der Waals surface area contributed by atoms with Crippen LogP contribution in [0, 0.1) is 0 Å². The van der Waals surface area contributed by atoms with Gasteiger partial charge in [-0.1, -0.05) is 18.3 Å². The summed E-state index contributed by atoms with van der Waals surface area (Å²) in [7, 11) is 1.43. The van der Waals surface area contributed by atoms with Crippen molar-refractivity contribution in [3.63, 3.8) is 0 Å². The molecule has 0 aliphatic rings. The van der Waals surface area contributed by atoms with Crippen LogP contribution < -0.4 is 10.6 Å². The Hall–Kier alpha value is -2.48. The highest BCUT2D eigenvalue weighted by atomic mass is 32.2. The van der Waals surface area contributed by atoms with Gasteiger partial charge in [0, 0.05) is 19.4 Å². The Morgan fingerprint density at radius 1 is 1.23 bits per heavy atom. The molecule has 0 aromatic carbocycles. The van der Waals surface area contributed by atoms with Crippen molar-refractivity contribution in [2.24, 2.45) is 0 Å². The smallest absolute Gasteiger partial charge is 0.371 e. The fourth-order valence-electron chi connectivity index (χ4n) is 2.67. The number of thioether (sulfide) groups is 1. The summed E-state index contributed by atoms with van der Waals surface area (Å²) in [6.45, 7) is 1.79. The van der Waals surface area contributed by atoms with Crippen LogP contribution in [-0.4, -0.2) is 33.1 Å². The zero-order valence-electron chi connectivity index (χ0n) is 16.0. The van der Waals surface area contributed by atoms with Gasteiger partial charge in [0.2, 0.25) is 5.91 Å². The summed E-state index contributed by atoms with van der Waals surface area (Å²) in [5, 5.41) is 5.33. The molecule has 3 aromatic heterocycles. The number of pyridine rings is 1. The van der Waals surface area contributed by atoms with E-state index in [1.165, 1.54) is 23.2 Å². The molecule has 0 fully saturated rings. The van der Waals surface area contributed by atoms with Gasteiger partial charge in [-0.05, 0) is 11.8 Å². The van der Waals surface area contributed by atoms with Crippen molar-refractivity contribution in [3.05, 3.63) is 34.6 Å². The van der Waals surface area contributed by atoms with E-state index < -0.39 is 28.7 Å². The Kier molecular flexibility index (Phi) is 6.41. The first kappa shape index (κ1) is 23.2. The van der Waals surface area contributed by atoms with E-state index in [2.05, 4.69) is 20.6 Å². The van der Waals surface area contributed by atoms with Gasteiger partial charge in [-0.15, -0.1) is 11.8 Å². The molecule has 14 heteroatoms. The molecule has 3 rings (SSSR count). The second-order valence-electron chi connectivity index (χ2n) is 6.14. The highest BCUT2D eigenvalue weighted by Gasteiger charge is 2.35. The predicted octanol–water partition coefficient (Wildman–Crippen LogP) is 5.16. The SMILES string of the molecule is CCSc1c(CC(=O)Nc2cc(C(F)(F)F)cnc2NC)nc2sc(C(F)(F)F)cn12. The van der Waals surface area contributed by atoms with Gasteiger partial charge < -0.3 is 10.6 Å². The Morgan fingerprint density at radius 3 is 2.52 bits per heavy atom. The first-order chi connectivity index (χ1) is 14.4. The van der Waals surface area contributed by atoms with Crippen molar-refractivity contribution in [1.82, 2.24) is 14.4 Å². The molecule has 2 N–H and O–H groups in total. The third-order valence-corrected chi connectivity index (χ3v) is 5.99. The van der Waals surface area contributed by atoms with Crippen molar-refractivity contribution in [3.8, 4) is 0 Å². The van der Waals surface area contributed by atoms with E-state index in [9.17, 15) is 31.1 Å². The zero-order chi connectivity index (χ0) is 23.0. The van der Waals surface area contributed by atoms with E-state index in [4.69, 9.17) is 0 Å². The monoisotopic (exact) mass is 483 g/mol. The molecular weight excluding hydrogens is 468 g/mol. The third kappa shape index (κ3) is 5.06. The molecule has 6 nitrogen and oxygen atoms in total. The molecule has 3 heterocycles. The summed E-state index contributed by atoms with van der Waals surface area (Å²) in [4.78, 5) is 19.5. The highest BCUT2D eigenvalue weighted by Crippen LogP contribution is 2.38. The van der Waals surface area contributed by atoms with Gasteiger partial charge in [-0.25, -0.2) is 9.97 Å². The number of carbonyl (C=O) groups is 1. The van der Waals surface area contributed by atoms with Crippen molar-refractivity contribution >= 4 is 45.5 Å². The van der Waals surface area contributed by atoms with Crippen LogP contribution >= 0.6 is 23.1 Å². The van der Waals surface area contributed by atoms with Gasteiger partial charge in [0.05, 0.1) is 23.4 Å². The largest absolute Gasteiger partial charge is 0.427 e. The van der Waals surface area contributed by atoms with Crippen molar-refractivity contribution < 1.29 is 31.1 Å². The number of carbonyl (C=O) groups excluding carboxylic acids is 1. The van der Waals surface area contributed by atoms with Crippen LogP contribution in [0.5, 0.6) is 0 Å². The number of nitrogens with one attached hydrogen (secondary N) is 2. The minimum absolute atomic E-state index is 0.0325. The summed E-state index contributed by atoms with van der Waals surface area (Å²) < 4.78 is 79.0. The molecule has 3 aromatic rings. The predicted molar refractivity (Wildman–Crippen MR) is 106 cm³/mol. The molecule has 0 unspecified atom stereocenters. The third-order valence-electron chi connectivity index (χ3n) is 3.96. The van der Waals surface area contributed by atoms with E-state index in [1.807, 2.05) is 0 Å². The highest BCUT2D eigenvalue weighted by molar-refractivity contribution is 7.99. The molecule has 0 spiro atoms. The number of aromatic nitrogens is 3. The molecule has 0 saturated heterocycles. The molecule has 0 bridgehead atoms. The minimum Gasteiger partial charge on any atom is -0.371 e. The Morgan fingerprint density at radius 2 is 1.94 bits per heavy atom. The maximum Gasteiger partial charge on any atom is 0.427 e. The number of imidazole rings is 1. The summed E-state index contributed by atoms with van der Waals surface area (Å²) in [5.41, 5.74) is -0.978. The fourth-order valence-corrected chi connectivity index (χ4v) is 4.43. The standard InChI is InChI=1S/C17H15F6N5OS2/c1-3-30-14-10(27-15-28(14)7-11(31-15)17(21,22)23)5-12(29)26-9-4-8(16(18,19)20)6-25-13(9)24-2/h4,6-7H,3,5H2,1-2H3,(H,24,25)(H,26,29). The zero-order valence-corrected chi connectivity index (χ0v) is 17.6. The molecule has 31 heavy (non-hydrogen) atoms. The van der Waals surface area contributed by atoms with Crippen LogP contribution in [0.4, 0.5) is 37.8 Å². The molecule has 0 saturated carbocycles. The van der Waals surface area contributed by atoms with E-state index in [1.54, 1.807) is 6.92 Å². The number of anilines is 2. The number of rotatable bonds is 6. The normalized spacial score (nSPS) is 12.4. The molecular formula is C17H15F6N5OS2. The maximum atomic E-state index is 13.0. The van der Waals surface area contributed by atoms with Crippen LogP contribution in [0.1, 0.15) is 23.1 Å². The molecule has 168 valence electrons. The molecule has 0 radical (unpaired) electrons. The fraction of sp³-hybridized carbons (Fsp3) is 0.353. The number of halogens is 6. The van der Waals surface area contributed by atoms with Crippen LogP contribution in [0.3, 0.4) is 0 Å². The number of alkyl halides is 6. The second-order valence-corrected chi connectivity index (χ2v) is 8.40. The van der Waals surface area contributed by atoms with E-state index in [0.717, 1.165) is 12.3 Å². The molecule has 0 aliphatic heterocycles. The number of hydrogen-bond acceptors (Lipinski definition) is 6. The molecule has 0 atom stereocenters. The Bertz CT molecular complexity index is 1110.